The van der Waals surface area contributed by atoms with Crippen LogP contribution < -0.4 is 5.43 Å². The van der Waals surface area contributed by atoms with Gasteiger partial charge in [0.1, 0.15) is 0 Å². The van der Waals surface area contributed by atoms with E-state index in [-0.39, 0.29) is 0 Å². The predicted molar refractivity (Wildman–Crippen MR) is 57.4 cm³/mol. The largest absolute Gasteiger partial charge is 0.321 e. The monoisotopic (exact) mass is 231 g/mol. The third-order valence-electron chi connectivity index (χ3n) is 2.93. The smallest absolute Gasteiger partial charge is 0.251 e. The van der Waals surface area contributed by atoms with E-state index in [0.29, 0.717) is 23.9 Å². The molecule has 0 aliphatic carbocycles. The molecule has 0 saturated carbocycles. The van der Waals surface area contributed by atoms with Crippen LogP contribution in [0.1, 0.15) is 6.42 Å². The predicted octanol–water partition coefficient (Wildman–Crippen LogP) is -1.81. The van der Waals surface area contributed by atoms with E-state index in [4.69, 9.17) is 0 Å². The summed E-state index contributed by atoms with van der Waals surface area (Å²) in [6, 6.07) is 0. The number of fused-ring (bicyclic) bond motifs is 1. The van der Waals surface area contributed by atoms with E-state index < -0.39 is 10.0 Å². The second-order valence-electron chi connectivity index (χ2n) is 4.00. The van der Waals surface area contributed by atoms with Crippen LogP contribution in [0.3, 0.4) is 0 Å². The van der Waals surface area contributed by atoms with Crippen LogP contribution in [0.5, 0.6) is 0 Å². The van der Waals surface area contributed by atoms with Gasteiger partial charge in [-0.05, 0) is 4.90 Å². The van der Waals surface area contributed by atoms with Crippen LogP contribution in [0.4, 0.5) is 0 Å². The summed E-state index contributed by atoms with van der Waals surface area (Å²) in [5, 5.41) is 4.24. The van der Waals surface area contributed by atoms with Gasteiger partial charge in [-0.25, -0.2) is 12.7 Å². The SMILES string of the molecule is CS(=O)(=O)N1CCC2=NN[C@H]([AlH2])[C@@H]2C1. The fourth-order valence-electron chi connectivity index (χ4n) is 2.00. The molecule has 0 unspecified atom stereocenters. The molecule has 5 nitrogen and oxygen atoms in total. The second kappa shape index (κ2) is 3.49. The Balaban J connectivity index is 2.14. The first-order chi connectivity index (χ1) is 6.48. The Morgan fingerprint density at radius 2 is 2.36 bits per heavy atom. The Kier molecular flexibility index (Phi) is 2.60. The average molecular weight is 231 g/mol. The van der Waals surface area contributed by atoms with Gasteiger partial charge < -0.3 is 5.43 Å². The van der Waals surface area contributed by atoms with Crippen molar-refractivity contribution in [2.45, 2.75) is 11.3 Å². The molecule has 0 aromatic carbocycles. The maximum atomic E-state index is 11.4. The van der Waals surface area contributed by atoms with Crippen molar-refractivity contribution in [3.05, 3.63) is 0 Å². The molecule has 1 fully saturated rings. The lowest BCUT2D eigenvalue weighted by Crippen LogP contribution is -2.46. The van der Waals surface area contributed by atoms with Crippen LogP contribution in [0.2, 0.25) is 0 Å². The Hall–Kier alpha value is -0.0875. The minimum Gasteiger partial charge on any atom is -0.321 e. The second-order valence-corrected chi connectivity index (χ2v) is 7.22. The first kappa shape index (κ1) is 10.4. The molecule has 1 N–H and O–H groups in total. The molecular formula is C7H14AlN3O2S. The number of rotatable bonds is 1. The zero-order valence-corrected chi connectivity index (χ0v) is 11.2. The lowest BCUT2D eigenvalue weighted by Gasteiger charge is -2.30. The van der Waals surface area contributed by atoms with Crippen LogP contribution in [0.15, 0.2) is 5.10 Å². The zero-order chi connectivity index (χ0) is 10.3. The van der Waals surface area contributed by atoms with Gasteiger partial charge in [-0.1, -0.05) is 0 Å². The van der Waals surface area contributed by atoms with Gasteiger partial charge in [0, 0.05) is 31.1 Å². The quantitative estimate of drug-likeness (QED) is 0.541. The minimum atomic E-state index is -3.02. The van der Waals surface area contributed by atoms with E-state index in [1.807, 2.05) is 0 Å². The van der Waals surface area contributed by atoms with E-state index in [1.54, 1.807) is 4.31 Å². The van der Waals surface area contributed by atoms with Gasteiger partial charge >= 0.3 is 0 Å². The number of sulfonamides is 1. The average Bonchev–Trinajstić information content (AvgIpc) is 2.46. The molecule has 2 aliphatic rings. The van der Waals surface area contributed by atoms with Crippen LogP contribution in [-0.4, -0.2) is 59.0 Å². The molecule has 0 bridgehead atoms. The summed E-state index contributed by atoms with van der Waals surface area (Å²) < 4.78 is 24.3. The van der Waals surface area contributed by atoms with Crippen molar-refractivity contribution in [3.8, 4) is 0 Å². The lowest BCUT2D eigenvalue weighted by molar-refractivity contribution is 0.361. The van der Waals surface area contributed by atoms with Gasteiger partial charge in [-0.2, -0.15) is 5.10 Å². The lowest BCUT2D eigenvalue weighted by atomic mass is 9.98. The van der Waals surface area contributed by atoms with Crippen molar-refractivity contribution in [2.24, 2.45) is 11.0 Å². The molecule has 2 aliphatic heterocycles. The molecule has 0 aromatic rings. The van der Waals surface area contributed by atoms with Gasteiger partial charge in [0.05, 0.1) is 6.26 Å². The summed E-state index contributed by atoms with van der Waals surface area (Å²) in [7, 11) is -3.02. The number of nitrogens with zero attached hydrogens (tertiary/aromatic N) is 2. The number of hydrogen-bond acceptors (Lipinski definition) is 4. The van der Waals surface area contributed by atoms with Gasteiger partial charge in [-0.15, -0.1) is 0 Å². The fraction of sp³-hybridized carbons (Fsp3) is 0.857. The van der Waals surface area contributed by atoms with Crippen LogP contribution in [0.25, 0.3) is 0 Å². The molecule has 2 atom stereocenters. The summed E-state index contributed by atoms with van der Waals surface area (Å²) in [6.07, 6.45) is 2.06. The number of nitrogens with one attached hydrogen (secondary N) is 1. The highest BCUT2D eigenvalue weighted by atomic mass is 32.2. The molecule has 0 aromatic heterocycles. The fourth-order valence-corrected chi connectivity index (χ4v) is 3.58. The highest BCUT2D eigenvalue weighted by Gasteiger charge is 2.36. The summed E-state index contributed by atoms with van der Waals surface area (Å²) >= 11 is 1.00. The first-order valence-electron chi connectivity index (χ1n) is 4.75. The van der Waals surface area contributed by atoms with E-state index >= 15 is 0 Å². The van der Waals surface area contributed by atoms with Crippen molar-refractivity contribution < 1.29 is 8.42 Å². The maximum absolute atomic E-state index is 11.4. The summed E-state index contributed by atoms with van der Waals surface area (Å²) in [5.41, 5.74) is 4.22. The zero-order valence-electron chi connectivity index (χ0n) is 8.40. The van der Waals surface area contributed by atoms with Crippen molar-refractivity contribution in [1.29, 1.82) is 0 Å². The summed E-state index contributed by atoms with van der Waals surface area (Å²) in [6.45, 7) is 1.20. The van der Waals surface area contributed by atoms with Crippen molar-refractivity contribution in [2.75, 3.05) is 19.3 Å². The molecule has 0 radical (unpaired) electrons. The van der Waals surface area contributed by atoms with Crippen molar-refractivity contribution in [3.63, 3.8) is 0 Å². The molecular weight excluding hydrogens is 217 g/mol. The molecule has 78 valence electrons. The van der Waals surface area contributed by atoms with Crippen LogP contribution in [0, 0.1) is 5.92 Å². The van der Waals surface area contributed by atoms with Crippen LogP contribution >= 0.6 is 0 Å². The number of hydrogen-bond donors (Lipinski definition) is 1. The van der Waals surface area contributed by atoms with Crippen molar-refractivity contribution in [1.82, 2.24) is 9.73 Å². The van der Waals surface area contributed by atoms with E-state index in [0.717, 1.165) is 28.4 Å². The molecule has 14 heavy (non-hydrogen) atoms. The summed E-state index contributed by atoms with van der Waals surface area (Å²) in [5.74, 6) is 0.324. The molecule has 2 rings (SSSR count). The van der Waals surface area contributed by atoms with Gasteiger partial charge in [0.25, 0.3) is 16.3 Å². The third kappa shape index (κ3) is 1.82. The molecule has 0 spiro atoms. The number of piperidine rings is 1. The Morgan fingerprint density at radius 3 is 3.00 bits per heavy atom. The molecule has 7 heteroatoms. The van der Waals surface area contributed by atoms with Gasteiger partial charge in [-0.3, -0.25) is 0 Å². The maximum Gasteiger partial charge on any atom is 0.251 e. The Bertz CT molecular complexity index is 367. The normalized spacial score (nSPS) is 33.4. The molecule has 2 heterocycles. The van der Waals surface area contributed by atoms with Gasteiger partial charge in [0.2, 0.25) is 10.0 Å². The van der Waals surface area contributed by atoms with Crippen LogP contribution in [-0.2, 0) is 10.0 Å². The van der Waals surface area contributed by atoms with E-state index in [9.17, 15) is 8.42 Å². The highest BCUT2D eigenvalue weighted by molar-refractivity contribution is 7.88. The summed E-state index contributed by atoms with van der Waals surface area (Å²) in [4.78, 5) is 0.398. The van der Waals surface area contributed by atoms with Gasteiger partial charge in [0.15, 0.2) is 0 Å². The topological polar surface area (TPSA) is 61.8 Å². The first-order valence-corrected chi connectivity index (χ1v) is 7.76. The van der Waals surface area contributed by atoms with Crippen molar-refractivity contribution >= 4 is 32.0 Å². The standard InChI is InChI=1S/C7H12N3O2S.Al.2H/c1-13(11,12)10-3-2-7-6(5-10)4-8-9-7;;;/h4,6,8H,2-3,5H2,1H3;;;/t6-;;;/m1.../s1. The number of hydrazone groups is 1. The Labute approximate surface area is 92.0 Å². The Morgan fingerprint density at radius 1 is 1.64 bits per heavy atom. The van der Waals surface area contributed by atoms with E-state index in [2.05, 4.69) is 10.5 Å². The molecule has 1 saturated heterocycles. The molecule has 0 amide bonds. The van der Waals surface area contributed by atoms with E-state index in [1.165, 1.54) is 6.26 Å². The minimum absolute atomic E-state index is 0.324. The third-order valence-corrected chi connectivity index (χ3v) is 5.26. The highest BCUT2D eigenvalue weighted by Crippen LogP contribution is 2.21.